The highest BCUT2D eigenvalue weighted by atomic mass is 127. The van der Waals surface area contributed by atoms with Gasteiger partial charge in [0.05, 0.1) is 6.61 Å². The number of ether oxygens (including phenoxy) is 1. The number of rotatable bonds is 9. The van der Waals surface area contributed by atoms with E-state index in [1.807, 2.05) is 7.05 Å². The van der Waals surface area contributed by atoms with E-state index in [1.165, 1.54) is 25.9 Å². The van der Waals surface area contributed by atoms with Crippen LogP contribution in [0, 0.1) is 11.8 Å². The lowest BCUT2D eigenvalue weighted by atomic mass is 9.99. The molecular weight excluding hydrogens is 403 g/mol. The summed E-state index contributed by atoms with van der Waals surface area (Å²) in [4.78, 5) is 6.79. The Hall–Kier alpha value is -0.0800. The summed E-state index contributed by atoms with van der Waals surface area (Å²) in [5, 5.41) is 6.68. The van der Waals surface area contributed by atoms with Gasteiger partial charge in [-0.15, -0.1) is 24.0 Å². The molecule has 138 valence electrons. The third-order valence-electron chi connectivity index (χ3n) is 4.20. The molecule has 1 fully saturated rings. The molecule has 0 bridgehead atoms. The summed E-state index contributed by atoms with van der Waals surface area (Å²) in [5.41, 5.74) is 0. The molecule has 6 heteroatoms. The van der Waals surface area contributed by atoms with Gasteiger partial charge in [-0.25, -0.2) is 0 Å². The van der Waals surface area contributed by atoms with Gasteiger partial charge in [0.15, 0.2) is 5.96 Å². The highest BCUT2D eigenvalue weighted by molar-refractivity contribution is 14.0. The Kier molecular flexibility index (Phi) is 14.2. The molecule has 1 rings (SSSR count). The average Bonchev–Trinajstić information content (AvgIpc) is 2.50. The summed E-state index contributed by atoms with van der Waals surface area (Å²) in [6.45, 7) is 13.7. The van der Waals surface area contributed by atoms with Crippen LogP contribution < -0.4 is 10.6 Å². The first kappa shape index (κ1) is 22.9. The fourth-order valence-corrected chi connectivity index (χ4v) is 2.50. The molecule has 5 nitrogen and oxygen atoms in total. The molecular formula is C17H37IN4O. The standard InChI is InChI=1S/C17H36N4O.HI/c1-15(2)7-13-22-14-9-20-17(18-4)19-8-12-21-10-5-16(3)6-11-21;/h15-16H,5-14H2,1-4H3,(H2,18,19,20);1H. The van der Waals surface area contributed by atoms with E-state index in [2.05, 4.69) is 41.3 Å². The Balaban J connectivity index is 0.00000484. The third-order valence-corrected chi connectivity index (χ3v) is 4.20. The zero-order valence-electron chi connectivity index (χ0n) is 15.4. The van der Waals surface area contributed by atoms with Gasteiger partial charge in [0.25, 0.3) is 0 Å². The number of piperidine rings is 1. The van der Waals surface area contributed by atoms with Crippen LogP contribution in [0.4, 0.5) is 0 Å². The second-order valence-corrected chi connectivity index (χ2v) is 6.74. The molecule has 0 spiro atoms. The molecule has 0 aromatic rings. The molecule has 1 aliphatic rings. The van der Waals surface area contributed by atoms with Gasteiger partial charge in [-0.05, 0) is 44.2 Å². The van der Waals surface area contributed by atoms with E-state index in [1.54, 1.807) is 0 Å². The number of halogens is 1. The van der Waals surface area contributed by atoms with Crippen molar-refractivity contribution in [1.82, 2.24) is 15.5 Å². The molecule has 0 saturated carbocycles. The third kappa shape index (κ3) is 12.0. The van der Waals surface area contributed by atoms with Crippen LogP contribution in [0.3, 0.4) is 0 Å². The van der Waals surface area contributed by atoms with Gasteiger partial charge in [0.1, 0.15) is 0 Å². The number of guanidine groups is 1. The van der Waals surface area contributed by atoms with Crippen molar-refractivity contribution in [2.24, 2.45) is 16.8 Å². The lowest BCUT2D eigenvalue weighted by Crippen LogP contribution is -2.44. The molecule has 1 aliphatic heterocycles. The number of hydrogen-bond donors (Lipinski definition) is 2. The Morgan fingerprint density at radius 3 is 2.43 bits per heavy atom. The van der Waals surface area contributed by atoms with Crippen LogP contribution >= 0.6 is 24.0 Å². The van der Waals surface area contributed by atoms with E-state index >= 15 is 0 Å². The lowest BCUT2D eigenvalue weighted by molar-refractivity contribution is 0.128. The molecule has 0 aromatic carbocycles. The minimum absolute atomic E-state index is 0. The normalized spacial score (nSPS) is 17.2. The fourth-order valence-electron chi connectivity index (χ4n) is 2.50. The quantitative estimate of drug-likeness (QED) is 0.251. The van der Waals surface area contributed by atoms with E-state index in [9.17, 15) is 0 Å². The van der Waals surface area contributed by atoms with Gasteiger partial charge in [-0.2, -0.15) is 0 Å². The first-order valence-electron chi connectivity index (χ1n) is 8.86. The maximum absolute atomic E-state index is 5.60. The van der Waals surface area contributed by atoms with E-state index in [-0.39, 0.29) is 24.0 Å². The van der Waals surface area contributed by atoms with Crippen molar-refractivity contribution in [2.45, 2.75) is 40.0 Å². The van der Waals surface area contributed by atoms with E-state index in [0.717, 1.165) is 51.1 Å². The van der Waals surface area contributed by atoms with Crippen molar-refractivity contribution in [3.05, 3.63) is 0 Å². The predicted molar refractivity (Wildman–Crippen MR) is 110 cm³/mol. The summed E-state index contributed by atoms with van der Waals surface area (Å²) in [7, 11) is 1.82. The number of likely N-dealkylation sites (tertiary alicyclic amines) is 1. The summed E-state index contributed by atoms with van der Waals surface area (Å²) >= 11 is 0. The Bertz CT molecular complexity index is 305. The van der Waals surface area contributed by atoms with Gasteiger partial charge in [-0.1, -0.05) is 20.8 Å². The first-order chi connectivity index (χ1) is 10.6. The van der Waals surface area contributed by atoms with Crippen molar-refractivity contribution >= 4 is 29.9 Å². The molecule has 1 saturated heterocycles. The van der Waals surface area contributed by atoms with Crippen LogP contribution in [-0.4, -0.2) is 63.8 Å². The van der Waals surface area contributed by atoms with Crippen LogP contribution in [0.1, 0.15) is 40.0 Å². The summed E-state index contributed by atoms with van der Waals surface area (Å²) in [5.74, 6) is 2.48. The van der Waals surface area contributed by atoms with Crippen LogP contribution in [0.25, 0.3) is 0 Å². The van der Waals surface area contributed by atoms with Crippen LogP contribution in [0.15, 0.2) is 4.99 Å². The maximum atomic E-state index is 5.60. The largest absolute Gasteiger partial charge is 0.380 e. The van der Waals surface area contributed by atoms with Crippen molar-refractivity contribution in [2.75, 3.05) is 53.0 Å². The molecule has 1 heterocycles. The monoisotopic (exact) mass is 440 g/mol. The summed E-state index contributed by atoms with van der Waals surface area (Å²) in [6.07, 6.45) is 3.79. The molecule has 0 unspecified atom stereocenters. The minimum atomic E-state index is 0. The Morgan fingerprint density at radius 2 is 1.83 bits per heavy atom. The van der Waals surface area contributed by atoms with Gasteiger partial charge in [0, 0.05) is 33.3 Å². The zero-order valence-corrected chi connectivity index (χ0v) is 17.8. The highest BCUT2D eigenvalue weighted by Crippen LogP contribution is 2.14. The topological polar surface area (TPSA) is 48.9 Å². The molecule has 0 amide bonds. The second-order valence-electron chi connectivity index (χ2n) is 6.74. The van der Waals surface area contributed by atoms with E-state index in [4.69, 9.17) is 4.74 Å². The van der Waals surface area contributed by atoms with Crippen molar-refractivity contribution in [3.63, 3.8) is 0 Å². The number of nitrogens with one attached hydrogen (secondary N) is 2. The van der Waals surface area contributed by atoms with Crippen LogP contribution in [0.5, 0.6) is 0 Å². The lowest BCUT2D eigenvalue weighted by Gasteiger charge is -2.30. The highest BCUT2D eigenvalue weighted by Gasteiger charge is 2.14. The average molecular weight is 440 g/mol. The number of aliphatic imine (C=N–C) groups is 1. The number of hydrogen-bond acceptors (Lipinski definition) is 3. The Labute approximate surface area is 160 Å². The van der Waals surface area contributed by atoms with Gasteiger partial charge in [0.2, 0.25) is 0 Å². The Morgan fingerprint density at radius 1 is 1.17 bits per heavy atom. The van der Waals surface area contributed by atoms with Gasteiger partial charge < -0.3 is 20.3 Å². The minimum Gasteiger partial charge on any atom is -0.380 e. The van der Waals surface area contributed by atoms with Crippen LogP contribution in [0.2, 0.25) is 0 Å². The molecule has 0 radical (unpaired) electrons. The zero-order chi connectivity index (χ0) is 16.2. The molecule has 2 N–H and O–H groups in total. The predicted octanol–water partition coefficient (Wildman–Crippen LogP) is 2.56. The van der Waals surface area contributed by atoms with E-state index in [0.29, 0.717) is 5.92 Å². The SMILES string of the molecule is CN=C(NCCOCCC(C)C)NCCN1CCC(C)CC1.I. The number of nitrogens with zero attached hydrogens (tertiary/aromatic N) is 2. The smallest absolute Gasteiger partial charge is 0.191 e. The second kappa shape index (κ2) is 14.3. The van der Waals surface area contributed by atoms with Gasteiger partial charge >= 0.3 is 0 Å². The van der Waals surface area contributed by atoms with Crippen molar-refractivity contribution in [3.8, 4) is 0 Å². The summed E-state index contributed by atoms with van der Waals surface area (Å²) < 4.78 is 5.60. The van der Waals surface area contributed by atoms with Gasteiger partial charge in [-0.3, -0.25) is 4.99 Å². The first-order valence-corrected chi connectivity index (χ1v) is 8.86. The summed E-state index contributed by atoms with van der Waals surface area (Å²) in [6, 6.07) is 0. The van der Waals surface area contributed by atoms with E-state index < -0.39 is 0 Å². The molecule has 0 aliphatic carbocycles. The van der Waals surface area contributed by atoms with Crippen molar-refractivity contribution in [1.29, 1.82) is 0 Å². The maximum Gasteiger partial charge on any atom is 0.191 e. The van der Waals surface area contributed by atoms with Crippen LogP contribution in [-0.2, 0) is 4.74 Å². The molecule has 23 heavy (non-hydrogen) atoms. The fraction of sp³-hybridized carbons (Fsp3) is 0.941. The molecule has 0 aromatic heterocycles. The molecule has 0 atom stereocenters. The van der Waals surface area contributed by atoms with Crippen molar-refractivity contribution < 1.29 is 4.74 Å².